The molecule has 0 spiro atoms. The molecule has 4 N–H and O–H groups in total. The third-order valence-electron chi connectivity index (χ3n) is 5.63. The second kappa shape index (κ2) is 11.2. The number of Topliss-reactive ketones (excluding diaryl/α,β-unsaturated/α-hetero) is 2. The molecule has 1 aromatic carbocycles. The number of nitrogens with zero attached hydrogens (tertiary/aromatic N) is 2. The van der Waals surface area contributed by atoms with Crippen LogP contribution in [-0.2, 0) is 17.6 Å². The first-order chi connectivity index (χ1) is 15.1. The van der Waals surface area contributed by atoms with Crippen molar-refractivity contribution in [2.75, 3.05) is 5.73 Å². The van der Waals surface area contributed by atoms with Crippen molar-refractivity contribution in [3.05, 3.63) is 65.5 Å². The van der Waals surface area contributed by atoms with Crippen LogP contribution in [-0.4, -0.2) is 31.7 Å². The van der Waals surface area contributed by atoms with Gasteiger partial charge < -0.3 is 10.7 Å². The van der Waals surface area contributed by atoms with Crippen molar-refractivity contribution in [2.24, 2.45) is 0 Å². The molecule has 0 saturated heterocycles. The fourth-order valence-electron chi connectivity index (χ4n) is 4.01. The number of nitrogens with two attached hydrogens (primary N) is 1. The van der Waals surface area contributed by atoms with E-state index in [9.17, 15) is 9.59 Å². The minimum absolute atomic E-state index is 0.0730. The number of aryl methyl sites for hydroxylation is 1. The third kappa shape index (κ3) is 6.38. The Labute approximate surface area is 182 Å². The average Bonchev–Trinajstić information content (AvgIpc) is 3.46. The van der Waals surface area contributed by atoms with E-state index in [1.54, 1.807) is 0 Å². The predicted molar refractivity (Wildman–Crippen MR) is 121 cm³/mol. The Morgan fingerprint density at radius 3 is 2.58 bits per heavy atom. The molecule has 3 rings (SSSR count). The summed E-state index contributed by atoms with van der Waals surface area (Å²) in [5, 5.41) is 6.19. The highest BCUT2D eigenvalue weighted by molar-refractivity contribution is 6.43. The molecule has 7 heteroatoms. The molecule has 2 aromatic heterocycles. The van der Waals surface area contributed by atoms with E-state index in [1.807, 2.05) is 24.4 Å². The van der Waals surface area contributed by atoms with Gasteiger partial charge in [0.2, 0.25) is 11.6 Å². The number of rotatable bonds is 13. The minimum Gasteiger partial charge on any atom is -0.399 e. The average molecular weight is 422 g/mol. The van der Waals surface area contributed by atoms with Crippen LogP contribution in [0.4, 0.5) is 5.69 Å². The maximum absolute atomic E-state index is 12.4. The predicted octanol–water partition coefficient (Wildman–Crippen LogP) is 4.40. The molecule has 31 heavy (non-hydrogen) atoms. The summed E-state index contributed by atoms with van der Waals surface area (Å²) >= 11 is 0. The van der Waals surface area contributed by atoms with Gasteiger partial charge in [0.15, 0.2) is 0 Å². The highest BCUT2D eigenvalue weighted by Gasteiger charge is 2.23. The van der Waals surface area contributed by atoms with Crippen molar-refractivity contribution in [2.45, 2.75) is 64.2 Å². The summed E-state index contributed by atoms with van der Waals surface area (Å²) in [7, 11) is 0. The normalized spacial score (nSPS) is 12.0. The standard InChI is InChI=1S/C24H31N5O2/c1-2-6-18(8-5-3-4-7-17-9-11-20(25)12-10-17)22-19(13-14-26-22)15-21(30)23(31)24-27-16-28-29-24/h9-14,16,18,26H,2-8,15,25H2,1H3,(H,27,28,29). The third-order valence-corrected chi connectivity index (χ3v) is 5.63. The molecule has 1 atom stereocenters. The van der Waals surface area contributed by atoms with E-state index in [0.29, 0.717) is 5.92 Å². The molecule has 7 nitrogen and oxygen atoms in total. The Kier molecular flexibility index (Phi) is 8.15. The molecule has 2 heterocycles. The Morgan fingerprint density at radius 2 is 1.87 bits per heavy atom. The number of carbonyl (C=O) groups excluding carboxylic acids is 2. The number of aromatic nitrogens is 4. The SMILES string of the molecule is CCCC(CCCCCc1ccc(N)cc1)c1[nH]ccc1CC(=O)C(=O)c1nc[nH]n1. The van der Waals surface area contributed by atoms with Crippen molar-refractivity contribution in [1.29, 1.82) is 0 Å². The van der Waals surface area contributed by atoms with Gasteiger partial charge in [0.05, 0.1) is 0 Å². The van der Waals surface area contributed by atoms with Crippen molar-refractivity contribution in [1.82, 2.24) is 20.2 Å². The summed E-state index contributed by atoms with van der Waals surface area (Å²) in [6.07, 6.45) is 10.9. The zero-order chi connectivity index (χ0) is 22.1. The number of anilines is 1. The van der Waals surface area contributed by atoms with Gasteiger partial charge in [0, 0.05) is 24.0 Å². The molecule has 0 saturated carbocycles. The summed E-state index contributed by atoms with van der Waals surface area (Å²) in [5.74, 6) is -0.853. The number of nitrogens with one attached hydrogen (secondary N) is 2. The number of H-pyrrole nitrogens is 2. The minimum atomic E-state index is -0.650. The fourth-order valence-corrected chi connectivity index (χ4v) is 4.01. The highest BCUT2D eigenvalue weighted by Crippen LogP contribution is 2.29. The summed E-state index contributed by atoms with van der Waals surface area (Å²) in [6, 6.07) is 10.00. The van der Waals surface area contributed by atoms with Crippen LogP contribution in [0.25, 0.3) is 0 Å². The lowest BCUT2D eigenvalue weighted by Crippen LogP contribution is -2.19. The fraction of sp³-hybridized carbons (Fsp3) is 0.417. The van der Waals surface area contributed by atoms with Crippen molar-refractivity contribution < 1.29 is 9.59 Å². The van der Waals surface area contributed by atoms with Crippen molar-refractivity contribution >= 4 is 17.3 Å². The Balaban J connectivity index is 1.52. The van der Waals surface area contributed by atoms with Crippen LogP contribution in [0.2, 0.25) is 0 Å². The van der Waals surface area contributed by atoms with Gasteiger partial charge in [-0.25, -0.2) is 4.98 Å². The maximum atomic E-state index is 12.4. The van der Waals surface area contributed by atoms with E-state index in [1.165, 1.54) is 11.9 Å². The van der Waals surface area contributed by atoms with Crippen LogP contribution >= 0.6 is 0 Å². The number of carbonyl (C=O) groups is 2. The van der Waals surface area contributed by atoms with E-state index in [4.69, 9.17) is 5.73 Å². The summed E-state index contributed by atoms with van der Waals surface area (Å²) < 4.78 is 0. The highest BCUT2D eigenvalue weighted by atomic mass is 16.2. The summed E-state index contributed by atoms with van der Waals surface area (Å²) in [5.41, 5.74) is 9.84. The van der Waals surface area contributed by atoms with E-state index in [0.717, 1.165) is 61.9 Å². The van der Waals surface area contributed by atoms with Gasteiger partial charge in [0.25, 0.3) is 5.78 Å². The molecule has 1 unspecified atom stereocenters. The first kappa shape index (κ1) is 22.5. The molecule has 164 valence electrons. The van der Waals surface area contributed by atoms with Crippen LogP contribution in [0, 0.1) is 0 Å². The molecule has 0 radical (unpaired) electrons. The van der Waals surface area contributed by atoms with E-state index in [2.05, 4.69) is 39.2 Å². The van der Waals surface area contributed by atoms with Crippen LogP contribution < -0.4 is 5.73 Å². The zero-order valence-corrected chi connectivity index (χ0v) is 18.1. The molecule has 3 aromatic rings. The zero-order valence-electron chi connectivity index (χ0n) is 18.1. The molecule has 0 fully saturated rings. The number of benzene rings is 1. The van der Waals surface area contributed by atoms with Gasteiger partial charge in [-0.15, -0.1) is 5.10 Å². The number of nitrogen functional groups attached to an aromatic ring is 1. The van der Waals surface area contributed by atoms with Crippen LogP contribution in [0.3, 0.4) is 0 Å². The number of hydrogen-bond acceptors (Lipinski definition) is 5. The first-order valence-corrected chi connectivity index (χ1v) is 11.0. The molecule has 0 aliphatic carbocycles. The molecule has 0 bridgehead atoms. The monoisotopic (exact) mass is 421 g/mol. The quantitative estimate of drug-likeness (QED) is 0.164. The Bertz CT molecular complexity index is 960. The largest absolute Gasteiger partial charge is 0.399 e. The van der Waals surface area contributed by atoms with Crippen LogP contribution in [0.15, 0.2) is 42.9 Å². The number of ketones is 2. The van der Waals surface area contributed by atoms with Crippen molar-refractivity contribution in [3.63, 3.8) is 0 Å². The topological polar surface area (TPSA) is 118 Å². The molecule has 0 aliphatic heterocycles. The lowest BCUT2D eigenvalue weighted by Gasteiger charge is -2.17. The Morgan fingerprint density at radius 1 is 1.06 bits per heavy atom. The molecule has 0 aliphatic rings. The second-order valence-corrected chi connectivity index (χ2v) is 7.99. The number of hydrogen-bond donors (Lipinski definition) is 3. The van der Waals surface area contributed by atoms with E-state index in [-0.39, 0.29) is 12.2 Å². The molecular formula is C24H31N5O2. The second-order valence-electron chi connectivity index (χ2n) is 7.99. The smallest absolute Gasteiger partial charge is 0.267 e. The van der Waals surface area contributed by atoms with Gasteiger partial charge in [-0.3, -0.25) is 14.7 Å². The molecular weight excluding hydrogens is 390 g/mol. The number of unbranched alkanes of at least 4 members (excludes halogenated alkanes) is 2. The lowest BCUT2D eigenvalue weighted by molar-refractivity contribution is -0.114. The lowest BCUT2D eigenvalue weighted by atomic mass is 9.89. The van der Waals surface area contributed by atoms with Crippen LogP contribution in [0.1, 0.15) is 78.8 Å². The van der Waals surface area contributed by atoms with Gasteiger partial charge in [-0.2, -0.15) is 0 Å². The summed E-state index contributed by atoms with van der Waals surface area (Å²) in [4.78, 5) is 31.8. The Hall–Kier alpha value is -3.22. The van der Waals surface area contributed by atoms with Crippen LogP contribution in [0.5, 0.6) is 0 Å². The van der Waals surface area contributed by atoms with E-state index >= 15 is 0 Å². The van der Waals surface area contributed by atoms with E-state index < -0.39 is 11.6 Å². The van der Waals surface area contributed by atoms with Crippen molar-refractivity contribution in [3.8, 4) is 0 Å². The summed E-state index contributed by atoms with van der Waals surface area (Å²) in [6.45, 7) is 2.18. The number of aromatic amines is 2. The first-order valence-electron chi connectivity index (χ1n) is 11.0. The van der Waals surface area contributed by atoms with Gasteiger partial charge in [-0.05, 0) is 60.9 Å². The maximum Gasteiger partial charge on any atom is 0.267 e. The molecule has 0 amide bonds. The van der Waals surface area contributed by atoms with Gasteiger partial charge >= 0.3 is 0 Å². The van der Waals surface area contributed by atoms with Gasteiger partial charge in [0.1, 0.15) is 6.33 Å². The van der Waals surface area contributed by atoms with Gasteiger partial charge in [-0.1, -0.05) is 38.3 Å².